The Labute approximate surface area is 109 Å². The highest BCUT2D eigenvalue weighted by atomic mass is 16.5. The number of ether oxygens (including phenoxy) is 1. The van der Waals surface area contributed by atoms with Crippen LogP contribution in [-0.4, -0.2) is 38.3 Å². The van der Waals surface area contributed by atoms with Crippen molar-refractivity contribution in [2.45, 2.75) is 19.8 Å². The number of hydrogen-bond donors (Lipinski definition) is 1. The molecule has 1 aliphatic rings. The Kier molecular flexibility index (Phi) is 4.81. The lowest BCUT2D eigenvalue weighted by Gasteiger charge is -2.21. The molecule has 2 rings (SSSR count). The van der Waals surface area contributed by atoms with E-state index < -0.39 is 0 Å². The number of aromatic nitrogens is 1. The summed E-state index contributed by atoms with van der Waals surface area (Å²) in [6.07, 6.45) is 4.42. The third-order valence-electron chi connectivity index (χ3n) is 3.28. The van der Waals surface area contributed by atoms with Gasteiger partial charge in [0, 0.05) is 32.9 Å². The van der Waals surface area contributed by atoms with Crippen LogP contribution in [0.1, 0.15) is 19.8 Å². The van der Waals surface area contributed by atoms with Crippen molar-refractivity contribution in [1.82, 2.24) is 4.98 Å². The Bertz CT molecular complexity index is 364. The summed E-state index contributed by atoms with van der Waals surface area (Å²) >= 11 is 0. The van der Waals surface area contributed by atoms with Gasteiger partial charge in [-0.2, -0.15) is 0 Å². The van der Waals surface area contributed by atoms with Crippen molar-refractivity contribution in [2.24, 2.45) is 5.92 Å². The molecule has 100 valence electrons. The van der Waals surface area contributed by atoms with Gasteiger partial charge < -0.3 is 15.0 Å². The van der Waals surface area contributed by atoms with Gasteiger partial charge in [0.05, 0.1) is 12.3 Å². The molecular formula is C14H23N3O. The van der Waals surface area contributed by atoms with Gasteiger partial charge in [0.1, 0.15) is 0 Å². The number of nitrogens with zero attached hydrogens (tertiary/aromatic N) is 2. The maximum Gasteiger partial charge on any atom is 0.151 e. The van der Waals surface area contributed by atoms with E-state index in [9.17, 15) is 0 Å². The van der Waals surface area contributed by atoms with Gasteiger partial charge in [0.2, 0.25) is 0 Å². The van der Waals surface area contributed by atoms with Gasteiger partial charge in [-0.05, 0) is 30.9 Å². The second-order valence-electron chi connectivity index (χ2n) is 5.01. The van der Waals surface area contributed by atoms with Gasteiger partial charge in [0.25, 0.3) is 0 Å². The summed E-state index contributed by atoms with van der Waals surface area (Å²) in [5, 5.41) is 3.49. The fraction of sp³-hybridized carbons (Fsp3) is 0.643. The third kappa shape index (κ3) is 3.35. The van der Waals surface area contributed by atoms with Crippen molar-refractivity contribution in [3.63, 3.8) is 0 Å². The fourth-order valence-corrected chi connectivity index (χ4v) is 2.34. The van der Waals surface area contributed by atoms with Crippen molar-refractivity contribution in [3.8, 4) is 0 Å². The first-order valence-corrected chi connectivity index (χ1v) is 6.74. The van der Waals surface area contributed by atoms with Gasteiger partial charge in [-0.15, -0.1) is 0 Å². The molecule has 1 fully saturated rings. The van der Waals surface area contributed by atoms with Crippen LogP contribution in [0, 0.1) is 5.92 Å². The largest absolute Gasteiger partial charge is 0.384 e. The standard InChI is InChI=1S/C14H23N3O/c1-12(11-18-2)10-16-13-6-5-7-15-14(13)17-8-3-4-9-17/h5-7,12,16H,3-4,8-11H2,1-2H3. The molecule has 0 amide bonds. The zero-order chi connectivity index (χ0) is 12.8. The average molecular weight is 249 g/mol. The fourth-order valence-electron chi connectivity index (χ4n) is 2.34. The molecule has 0 saturated carbocycles. The molecule has 0 bridgehead atoms. The summed E-state index contributed by atoms with van der Waals surface area (Å²) in [6, 6.07) is 4.10. The minimum Gasteiger partial charge on any atom is -0.384 e. The smallest absolute Gasteiger partial charge is 0.151 e. The number of rotatable bonds is 6. The first-order valence-electron chi connectivity index (χ1n) is 6.74. The summed E-state index contributed by atoms with van der Waals surface area (Å²) in [5.41, 5.74) is 1.14. The van der Waals surface area contributed by atoms with Gasteiger partial charge in [0.15, 0.2) is 5.82 Å². The number of methoxy groups -OCH3 is 1. The summed E-state index contributed by atoms with van der Waals surface area (Å²) in [7, 11) is 1.75. The summed E-state index contributed by atoms with van der Waals surface area (Å²) in [5.74, 6) is 1.60. The SMILES string of the molecule is COCC(C)CNc1cccnc1N1CCCC1. The molecule has 1 aromatic rings. The van der Waals surface area contributed by atoms with E-state index in [1.165, 1.54) is 12.8 Å². The van der Waals surface area contributed by atoms with E-state index in [0.717, 1.165) is 37.7 Å². The highest BCUT2D eigenvalue weighted by Crippen LogP contribution is 2.26. The van der Waals surface area contributed by atoms with Crippen LogP contribution in [0.15, 0.2) is 18.3 Å². The molecule has 1 N–H and O–H groups in total. The van der Waals surface area contributed by atoms with Crippen LogP contribution < -0.4 is 10.2 Å². The minimum absolute atomic E-state index is 0.502. The lowest BCUT2D eigenvalue weighted by atomic mass is 10.2. The predicted octanol–water partition coefficient (Wildman–Crippen LogP) is 2.38. The molecule has 2 heterocycles. The Morgan fingerprint density at radius 1 is 1.44 bits per heavy atom. The summed E-state index contributed by atoms with van der Waals surface area (Å²) < 4.78 is 5.16. The maximum absolute atomic E-state index is 5.16. The van der Waals surface area contributed by atoms with Crippen molar-refractivity contribution in [3.05, 3.63) is 18.3 Å². The molecule has 18 heavy (non-hydrogen) atoms. The summed E-state index contributed by atoms with van der Waals surface area (Å²) in [6.45, 7) is 6.13. The molecule has 0 spiro atoms. The molecule has 1 unspecified atom stereocenters. The van der Waals surface area contributed by atoms with Gasteiger partial charge in [-0.3, -0.25) is 0 Å². The molecule has 0 aliphatic carbocycles. The van der Waals surface area contributed by atoms with E-state index in [1.807, 2.05) is 12.3 Å². The highest BCUT2D eigenvalue weighted by Gasteiger charge is 2.16. The topological polar surface area (TPSA) is 37.4 Å². The Hall–Kier alpha value is -1.29. The van der Waals surface area contributed by atoms with E-state index >= 15 is 0 Å². The molecular weight excluding hydrogens is 226 g/mol. The summed E-state index contributed by atoms with van der Waals surface area (Å²) in [4.78, 5) is 6.88. The Balaban J connectivity index is 1.98. The van der Waals surface area contributed by atoms with Crippen LogP contribution >= 0.6 is 0 Å². The van der Waals surface area contributed by atoms with Crippen molar-refractivity contribution in [1.29, 1.82) is 0 Å². The highest BCUT2D eigenvalue weighted by molar-refractivity contribution is 5.65. The quantitative estimate of drug-likeness (QED) is 0.840. The minimum atomic E-state index is 0.502. The van der Waals surface area contributed by atoms with E-state index in [0.29, 0.717) is 5.92 Å². The maximum atomic E-state index is 5.16. The first kappa shape index (κ1) is 13.1. The third-order valence-corrected chi connectivity index (χ3v) is 3.28. The van der Waals surface area contributed by atoms with Crippen LogP contribution in [0.3, 0.4) is 0 Å². The lowest BCUT2D eigenvalue weighted by molar-refractivity contribution is 0.164. The number of nitrogens with one attached hydrogen (secondary N) is 1. The lowest BCUT2D eigenvalue weighted by Crippen LogP contribution is -2.22. The normalized spacial score (nSPS) is 16.9. The molecule has 0 aromatic carbocycles. The van der Waals surface area contributed by atoms with E-state index in [2.05, 4.69) is 28.2 Å². The second-order valence-corrected chi connectivity index (χ2v) is 5.01. The van der Waals surface area contributed by atoms with Gasteiger partial charge in [-0.1, -0.05) is 6.92 Å². The number of pyridine rings is 1. The van der Waals surface area contributed by atoms with Crippen LogP contribution in [0.2, 0.25) is 0 Å². The Morgan fingerprint density at radius 2 is 2.22 bits per heavy atom. The molecule has 4 heteroatoms. The average Bonchev–Trinajstić information content (AvgIpc) is 2.91. The van der Waals surface area contributed by atoms with E-state index in [-0.39, 0.29) is 0 Å². The Morgan fingerprint density at radius 3 is 2.94 bits per heavy atom. The van der Waals surface area contributed by atoms with Crippen LogP contribution in [0.25, 0.3) is 0 Å². The van der Waals surface area contributed by atoms with Crippen LogP contribution in [0.5, 0.6) is 0 Å². The van der Waals surface area contributed by atoms with Crippen molar-refractivity contribution < 1.29 is 4.74 Å². The molecule has 4 nitrogen and oxygen atoms in total. The predicted molar refractivity (Wildman–Crippen MR) is 75.2 cm³/mol. The van der Waals surface area contributed by atoms with Crippen molar-refractivity contribution in [2.75, 3.05) is 43.6 Å². The zero-order valence-corrected chi connectivity index (χ0v) is 11.4. The van der Waals surface area contributed by atoms with E-state index in [4.69, 9.17) is 4.74 Å². The molecule has 1 aromatic heterocycles. The molecule has 1 atom stereocenters. The van der Waals surface area contributed by atoms with Crippen molar-refractivity contribution >= 4 is 11.5 Å². The zero-order valence-electron chi connectivity index (χ0n) is 11.4. The second kappa shape index (κ2) is 6.59. The molecule has 1 saturated heterocycles. The van der Waals surface area contributed by atoms with E-state index in [1.54, 1.807) is 7.11 Å². The first-order chi connectivity index (χ1) is 8.81. The van der Waals surface area contributed by atoms with Gasteiger partial charge >= 0.3 is 0 Å². The number of hydrogen-bond acceptors (Lipinski definition) is 4. The molecule has 1 aliphatic heterocycles. The van der Waals surface area contributed by atoms with Crippen LogP contribution in [0.4, 0.5) is 11.5 Å². The van der Waals surface area contributed by atoms with Crippen LogP contribution in [-0.2, 0) is 4.74 Å². The van der Waals surface area contributed by atoms with Gasteiger partial charge in [-0.25, -0.2) is 4.98 Å². The monoisotopic (exact) mass is 249 g/mol. The molecule has 0 radical (unpaired) electrons. The number of anilines is 2.